The van der Waals surface area contributed by atoms with E-state index in [1.165, 1.54) is 12.1 Å². The van der Waals surface area contributed by atoms with E-state index in [0.29, 0.717) is 12.1 Å². The first-order valence-electron chi connectivity index (χ1n) is 9.04. The third-order valence-electron chi connectivity index (χ3n) is 4.65. The number of nitro groups is 1. The largest absolute Gasteiger partial charge is 0.338 e. The number of benzene rings is 2. The highest BCUT2D eigenvalue weighted by atomic mass is 16.6. The number of anilines is 1. The van der Waals surface area contributed by atoms with Crippen LogP contribution < -0.4 is 10.6 Å². The number of fused-ring (bicyclic) bond motifs is 1. The molecule has 29 heavy (non-hydrogen) atoms. The summed E-state index contributed by atoms with van der Waals surface area (Å²) in [6.45, 7) is 4.18. The zero-order valence-electron chi connectivity index (χ0n) is 16.0. The number of nitrogens with one attached hydrogen (secondary N) is 2. The van der Waals surface area contributed by atoms with Gasteiger partial charge in [0.25, 0.3) is 17.5 Å². The van der Waals surface area contributed by atoms with Crippen molar-refractivity contribution in [3.63, 3.8) is 0 Å². The second kappa shape index (κ2) is 8.09. The molecule has 9 heteroatoms. The van der Waals surface area contributed by atoms with Crippen LogP contribution in [0.25, 0.3) is 0 Å². The Morgan fingerprint density at radius 3 is 2.52 bits per heavy atom. The molecule has 0 aromatic heterocycles. The minimum atomic E-state index is -0.612. The van der Waals surface area contributed by atoms with E-state index >= 15 is 0 Å². The van der Waals surface area contributed by atoms with Gasteiger partial charge in [-0.1, -0.05) is 12.1 Å². The molecule has 2 N–H and O–H groups in total. The van der Waals surface area contributed by atoms with Gasteiger partial charge in [-0.3, -0.25) is 24.6 Å². The fourth-order valence-corrected chi connectivity index (χ4v) is 3.07. The van der Waals surface area contributed by atoms with Crippen molar-refractivity contribution in [3.8, 4) is 0 Å². The van der Waals surface area contributed by atoms with E-state index < -0.39 is 16.7 Å². The van der Waals surface area contributed by atoms with E-state index in [-0.39, 0.29) is 35.9 Å². The Balaban J connectivity index is 1.52. The number of urea groups is 1. The van der Waals surface area contributed by atoms with Crippen LogP contribution >= 0.6 is 0 Å². The van der Waals surface area contributed by atoms with E-state index in [1.807, 2.05) is 32.0 Å². The summed E-state index contributed by atoms with van der Waals surface area (Å²) in [4.78, 5) is 48.1. The predicted octanol–water partition coefficient (Wildman–Crippen LogP) is 3.02. The SMILES string of the molecule is Cc1ccc(C)c(NC(=O)NCCCN2C(=O)c3ccc([N+](=O)[O-])cc3C2=O)c1. The highest BCUT2D eigenvalue weighted by Gasteiger charge is 2.36. The van der Waals surface area contributed by atoms with E-state index in [0.717, 1.165) is 22.1 Å². The molecule has 1 aliphatic rings. The first-order chi connectivity index (χ1) is 13.8. The molecular formula is C20H20N4O5. The number of nitrogens with zero attached hydrogens (tertiary/aromatic N) is 2. The Bertz CT molecular complexity index is 1020. The van der Waals surface area contributed by atoms with Gasteiger partial charge in [-0.05, 0) is 43.5 Å². The van der Waals surface area contributed by atoms with Crippen LogP contribution in [0, 0.1) is 24.0 Å². The van der Waals surface area contributed by atoms with Crippen LogP contribution in [0.1, 0.15) is 38.3 Å². The molecule has 2 aromatic carbocycles. The molecule has 0 fully saturated rings. The van der Waals surface area contributed by atoms with Gasteiger partial charge in [0, 0.05) is 30.9 Å². The first-order valence-corrected chi connectivity index (χ1v) is 9.04. The van der Waals surface area contributed by atoms with Crippen molar-refractivity contribution in [2.45, 2.75) is 20.3 Å². The number of rotatable bonds is 6. The van der Waals surface area contributed by atoms with Gasteiger partial charge in [0.1, 0.15) is 0 Å². The highest BCUT2D eigenvalue weighted by molar-refractivity contribution is 6.21. The van der Waals surface area contributed by atoms with Crippen molar-refractivity contribution >= 4 is 29.2 Å². The van der Waals surface area contributed by atoms with Crippen LogP contribution in [0.3, 0.4) is 0 Å². The molecular weight excluding hydrogens is 376 g/mol. The summed E-state index contributed by atoms with van der Waals surface area (Å²) in [5, 5.41) is 16.3. The molecule has 0 atom stereocenters. The second-order valence-electron chi connectivity index (χ2n) is 6.80. The number of hydrogen-bond donors (Lipinski definition) is 2. The smallest absolute Gasteiger partial charge is 0.319 e. The van der Waals surface area contributed by atoms with Gasteiger partial charge >= 0.3 is 6.03 Å². The van der Waals surface area contributed by atoms with Crippen molar-refractivity contribution < 1.29 is 19.3 Å². The number of carbonyl (C=O) groups is 3. The lowest BCUT2D eigenvalue weighted by Crippen LogP contribution is -2.35. The predicted molar refractivity (Wildman–Crippen MR) is 106 cm³/mol. The van der Waals surface area contributed by atoms with Crippen molar-refractivity contribution in [2.75, 3.05) is 18.4 Å². The van der Waals surface area contributed by atoms with Crippen molar-refractivity contribution in [1.82, 2.24) is 10.2 Å². The number of carbonyl (C=O) groups excluding carboxylic acids is 3. The number of aryl methyl sites for hydroxylation is 2. The Labute approximate surface area is 166 Å². The monoisotopic (exact) mass is 396 g/mol. The lowest BCUT2D eigenvalue weighted by atomic mass is 10.1. The number of amides is 4. The zero-order valence-corrected chi connectivity index (χ0v) is 16.0. The quantitative estimate of drug-likeness (QED) is 0.336. The molecule has 150 valence electrons. The Kier molecular flexibility index (Phi) is 5.58. The van der Waals surface area contributed by atoms with Gasteiger partial charge in [-0.15, -0.1) is 0 Å². The number of non-ortho nitro benzene ring substituents is 1. The first kappa shape index (κ1) is 20.0. The van der Waals surface area contributed by atoms with Crippen LogP contribution in [0.4, 0.5) is 16.2 Å². The molecule has 0 unspecified atom stereocenters. The van der Waals surface area contributed by atoms with Gasteiger partial charge in [0.15, 0.2) is 0 Å². The normalized spacial score (nSPS) is 12.7. The summed E-state index contributed by atoms with van der Waals surface area (Å²) < 4.78 is 0. The fourth-order valence-electron chi connectivity index (χ4n) is 3.07. The molecule has 0 saturated heterocycles. The number of hydrogen-bond acceptors (Lipinski definition) is 5. The van der Waals surface area contributed by atoms with Crippen molar-refractivity contribution in [2.24, 2.45) is 0 Å². The molecule has 9 nitrogen and oxygen atoms in total. The van der Waals surface area contributed by atoms with E-state index in [2.05, 4.69) is 10.6 Å². The minimum absolute atomic E-state index is 0.0322. The summed E-state index contributed by atoms with van der Waals surface area (Å²) in [7, 11) is 0. The average molecular weight is 396 g/mol. The third-order valence-corrected chi connectivity index (χ3v) is 4.65. The summed E-state index contributed by atoms with van der Waals surface area (Å²) in [5.74, 6) is -1.05. The zero-order chi connectivity index (χ0) is 21.1. The summed E-state index contributed by atoms with van der Waals surface area (Å²) in [5.41, 5.74) is 2.62. The molecule has 3 rings (SSSR count). The standard InChI is InChI=1S/C20H20N4O5/c1-12-4-5-13(2)17(10-12)22-20(27)21-8-3-9-23-18(25)15-7-6-14(24(28)29)11-16(15)19(23)26/h4-7,10-11H,3,8-9H2,1-2H3,(H2,21,22,27). The maximum Gasteiger partial charge on any atom is 0.319 e. The van der Waals surface area contributed by atoms with Crippen LogP contribution in [-0.4, -0.2) is 40.8 Å². The molecule has 0 saturated carbocycles. The van der Waals surface area contributed by atoms with E-state index in [1.54, 1.807) is 0 Å². The lowest BCUT2D eigenvalue weighted by molar-refractivity contribution is -0.384. The van der Waals surface area contributed by atoms with Crippen LogP contribution in [0.5, 0.6) is 0 Å². The van der Waals surface area contributed by atoms with Gasteiger partial charge < -0.3 is 10.6 Å². The maximum atomic E-state index is 12.4. The molecule has 0 spiro atoms. The number of nitro benzene ring substituents is 1. The topological polar surface area (TPSA) is 122 Å². The van der Waals surface area contributed by atoms with E-state index in [9.17, 15) is 24.5 Å². The Morgan fingerprint density at radius 2 is 1.79 bits per heavy atom. The van der Waals surface area contributed by atoms with Crippen LogP contribution in [0.2, 0.25) is 0 Å². The van der Waals surface area contributed by atoms with Crippen LogP contribution in [0.15, 0.2) is 36.4 Å². The molecule has 4 amide bonds. The fraction of sp³-hybridized carbons (Fsp3) is 0.250. The van der Waals surface area contributed by atoms with Crippen LogP contribution in [-0.2, 0) is 0 Å². The summed E-state index contributed by atoms with van der Waals surface area (Å²) >= 11 is 0. The van der Waals surface area contributed by atoms with Gasteiger partial charge in [-0.25, -0.2) is 4.79 Å². The van der Waals surface area contributed by atoms with Gasteiger partial charge in [0.2, 0.25) is 0 Å². The summed E-state index contributed by atoms with van der Waals surface area (Å²) in [6, 6.07) is 8.97. The molecule has 2 aromatic rings. The maximum absolute atomic E-state index is 12.4. The molecule has 1 aliphatic heterocycles. The van der Waals surface area contributed by atoms with Gasteiger partial charge in [0.05, 0.1) is 16.1 Å². The lowest BCUT2D eigenvalue weighted by Gasteiger charge is -2.14. The van der Waals surface area contributed by atoms with Crippen molar-refractivity contribution in [1.29, 1.82) is 0 Å². The average Bonchev–Trinajstić information content (AvgIpc) is 2.92. The van der Waals surface area contributed by atoms with Crippen molar-refractivity contribution in [3.05, 3.63) is 68.8 Å². The molecule has 1 heterocycles. The Hall–Kier alpha value is -3.75. The molecule has 0 bridgehead atoms. The summed E-state index contributed by atoms with van der Waals surface area (Å²) in [6.07, 6.45) is 0.355. The third kappa shape index (κ3) is 4.23. The molecule has 0 radical (unpaired) electrons. The number of imide groups is 1. The second-order valence-corrected chi connectivity index (χ2v) is 6.80. The Morgan fingerprint density at radius 1 is 1.07 bits per heavy atom. The van der Waals surface area contributed by atoms with E-state index in [4.69, 9.17) is 0 Å². The van der Waals surface area contributed by atoms with Gasteiger partial charge in [-0.2, -0.15) is 0 Å². The minimum Gasteiger partial charge on any atom is -0.338 e. The highest BCUT2D eigenvalue weighted by Crippen LogP contribution is 2.26. The molecule has 0 aliphatic carbocycles.